The number of rotatable bonds is 9. The van der Waals surface area contributed by atoms with Gasteiger partial charge in [0, 0.05) is 63.9 Å². The molecule has 0 saturated carbocycles. The van der Waals surface area contributed by atoms with Gasteiger partial charge in [0.15, 0.2) is 5.96 Å². The van der Waals surface area contributed by atoms with Crippen LogP contribution in [0.4, 0.5) is 0 Å². The van der Waals surface area contributed by atoms with Crippen LogP contribution in [0, 0.1) is 0 Å². The molecule has 0 atom stereocenters. The number of nitrogens with zero attached hydrogens (tertiary/aromatic N) is 4. The van der Waals surface area contributed by atoms with Crippen molar-refractivity contribution in [2.24, 2.45) is 4.99 Å². The van der Waals surface area contributed by atoms with Crippen LogP contribution < -0.4 is 10.6 Å². The molecule has 2 N–H and O–H groups in total. The molecule has 1 aromatic carbocycles. The van der Waals surface area contributed by atoms with Crippen molar-refractivity contribution in [1.82, 2.24) is 24.8 Å². The van der Waals surface area contributed by atoms with Gasteiger partial charge in [-0.05, 0) is 24.6 Å². The summed E-state index contributed by atoms with van der Waals surface area (Å²) in [6.45, 7) is 6.22. The molecule has 6 nitrogen and oxygen atoms in total. The van der Waals surface area contributed by atoms with E-state index in [1.54, 1.807) is 0 Å². The number of nitrogens with one attached hydrogen (secondary N) is 2. The van der Waals surface area contributed by atoms with E-state index in [4.69, 9.17) is 0 Å². The monoisotopic (exact) mass is 492 g/mol. The van der Waals surface area contributed by atoms with Gasteiger partial charge in [-0.1, -0.05) is 30.3 Å². The lowest BCUT2D eigenvalue weighted by Crippen LogP contribution is -2.39. The van der Waals surface area contributed by atoms with Gasteiger partial charge in [-0.2, -0.15) is 0 Å². The fourth-order valence-electron chi connectivity index (χ4n) is 2.92. The van der Waals surface area contributed by atoms with Crippen LogP contribution in [-0.2, 0) is 19.5 Å². The molecule has 3 rings (SSSR count). The van der Waals surface area contributed by atoms with Crippen LogP contribution in [0.3, 0.4) is 0 Å². The smallest absolute Gasteiger partial charge is 0.191 e. The van der Waals surface area contributed by atoms with E-state index in [9.17, 15) is 0 Å². The summed E-state index contributed by atoms with van der Waals surface area (Å²) in [4.78, 5) is 9.19. The molecule has 2 heterocycles. The standard InChI is InChI=1S/C21H28N6.HI/c1-2-22-21(25-12-16-26-14-6-7-15-26)24-11-10-20-23-13-17-27(20)18-19-8-4-3-5-9-19;/h3-9,13-15,17H,2,10-12,16,18H2,1H3,(H2,22,24,25);1H. The second-order valence-corrected chi connectivity index (χ2v) is 6.32. The molecular formula is C21H29IN6. The number of imidazole rings is 1. The Labute approximate surface area is 184 Å². The summed E-state index contributed by atoms with van der Waals surface area (Å²) in [7, 11) is 0. The van der Waals surface area contributed by atoms with Crippen LogP contribution in [0.2, 0.25) is 0 Å². The number of hydrogen-bond donors (Lipinski definition) is 2. The Kier molecular flexibility index (Phi) is 9.61. The Morgan fingerprint density at radius 1 is 1.04 bits per heavy atom. The molecule has 0 bridgehead atoms. The lowest BCUT2D eigenvalue weighted by molar-refractivity contribution is 0.664. The summed E-state index contributed by atoms with van der Waals surface area (Å²) in [6, 6.07) is 14.5. The maximum Gasteiger partial charge on any atom is 0.191 e. The van der Waals surface area contributed by atoms with Crippen LogP contribution in [0.5, 0.6) is 0 Å². The van der Waals surface area contributed by atoms with Crippen molar-refractivity contribution in [1.29, 1.82) is 0 Å². The fourth-order valence-corrected chi connectivity index (χ4v) is 2.92. The summed E-state index contributed by atoms with van der Waals surface area (Å²) >= 11 is 0. The lowest BCUT2D eigenvalue weighted by atomic mass is 10.2. The molecule has 0 unspecified atom stereocenters. The van der Waals surface area contributed by atoms with Gasteiger partial charge in [-0.3, -0.25) is 4.99 Å². The van der Waals surface area contributed by atoms with Crippen molar-refractivity contribution >= 4 is 29.9 Å². The van der Waals surface area contributed by atoms with Crippen molar-refractivity contribution in [2.75, 3.05) is 19.6 Å². The molecule has 0 spiro atoms. The molecule has 0 aliphatic carbocycles. The third-order valence-electron chi connectivity index (χ3n) is 4.28. The molecule has 3 aromatic rings. The Balaban J connectivity index is 0.00000280. The molecule has 28 heavy (non-hydrogen) atoms. The van der Waals surface area contributed by atoms with Crippen LogP contribution in [0.15, 0.2) is 72.2 Å². The molecule has 0 radical (unpaired) electrons. The number of hydrogen-bond acceptors (Lipinski definition) is 2. The second-order valence-electron chi connectivity index (χ2n) is 6.32. The molecule has 0 amide bonds. The average molecular weight is 492 g/mol. The summed E-state index contributed by atoms with van der Waals surface area (Å²) in [6.07, 6.45) is 8.85. The SMILES string of the molecule is CCNC(=NCCc1nccn1Cc1ccccc1)NCCn1cccc1.I. The highest BCUT2D eigenvalue weighted by Gasteiger charge is 2.04. The Morgan fingerprint density at radius 3 is 2.57 bits per heavy atom. The average Bonchev–Trinajstić information content (AvgIpc) is 3.35. The van der Waals surface area contributed by atoms with Gasteiger partial charge in [-0.25, -0.2) is 4.98 Å². The van der Waals surface area contributed by atoms with E-state index in [2.05, 4.69) is 73.3 Å². The number of aromatic nitrogens is 3. The first-order chi connectivity index (χ1) is 13.3. The van der Waals surface area contributed by atoms with Crippen molar-refractivity contribution < 1.29 is 0 Å². The molecule has 7 heteroatoms. The molecule has 0 saturated heterocycles. The zero-order valence-corrected chi connectivity index (χ0v) is 18.6. The maximum atomic E-state index is 4.69. The summed E-state index contributed by atoms with van der Waals surface area (Å²) in [5.41, 5.74) is 1.28. The normalized spacial score (nSPS) is 11.1. The van der Waals surface area contributed by atoms with Gasteiger partial charge in [0.2, 0.25) is 0 Å². The highest BCUT2D eigenvalue weighted by Crippen LogP contribution is 2.06. The third-order valence-corrected chi connectivity index (χ3v) is 4.28. The van der Waals surface area contributed by atoms with Crippen LogP contribution >= 0.6 is 24.0 Å². The molecule has 0 aliphatic rings. The van der Waals surface area contributed by atoms with E-state index < -0.39 is 0 Å². The Hall–Kier alpha value is -2.29. The zero-order chi connectivity index (χ0) is 18.7. The van der Waals surface area contributed by atoms with Crippen molar-refractivity contribution in [3.8, 4) is 0 Å². The van der Waals surface area contributed by atoms with Gasteiger partial charge in [-0.15, -0.1) is 24.0 Å². The maximum absolute atomic E-state index is 4.69. The van der Waals surface area contributed by atoms with E-state index in [1.165, 1.54) is 5.56 Å². The van der Waals surface area contributed by atoms with Gasteiger partial charge in [0.25, 0.3) is 0 Å². The van der Waals surface area contributed by atoms with E-state index in [0.29, 0.717) is 6.54 Å². The number of halogens is 1. The molecule has 0 aliphatic heterocycles. The van der Waals surface area contributed by atoms with Crippen molar-refractivity contribution in [3.05, 3.63) is 78.6 Å². The first-order valence-electron chi connectivity index (χ1n) is 9.52. The predicted octanol–water partition coefficient (Wildman–Crippen LogP) is 3.15. The van der Waals surface area contributed by atoms with Crippen molar-refractivity contribution in [3.63, 3.8) is 0 Å². The number of guanidine groups is 1. The molecule has 0 fully saturated rings. The minimum atomic E-state index is 0. The van der Waals surface area contributed by atoms with Gasteiger partial charge < -0.3 is 19.8 Å². The largest absolute Gasteiger partial charge is 0.357 e. The van der Waals surface area contributed by atoms with Crippen LogP contribution in [-0.4, -0.2) is 39.7 Å². The van der Waals surface area contributed by atoms with Crippen molar-refractivity contribution in [2.45, 2.75) is 26.4 Å². The minimum absolute atomic E-state index is 0. The highest BCUT2D eigenvalue weighted by atomic mass is 127. The number of benzene rings is 1. The van der Waals surface area contributed by atoms with Crippen LogP contribution in [0.25, 0.3) is 0 Å². The number of aliphatic imine (C=N–C) groups is 1. The first kappa shape index (κ1) is 22.0. The molecule has 2 aromatic heterocycles. The second kappa shape index (κ2) is 12.2. The van der Waals surface area contributed by atoms with E-state index in [-0.39, 0.29) is 24.0 Å². The summed E-state index contributed by atoms with van der Waals surface area (Å²) < 4.78 is 4.34. The quantitative estimate of drug-likeness (QED) is 0.274. The zero-order valence-electron chi connectivity index (χ0n) is 16.3. The minimum Gasteiger partial charge on any atom is -0.357 e. The Morgan fingerprint density at radius 2 is 1.82 bits per heavy atom. The lowest BCUT2D eigenvalue weighted by Gasteiger charge is -2.12. The highest BCUT2D eigenvalue weighted by molar-refractivity contribution is 14.0. The van der Waals surface area contributed by atoms with Gasteiger partial charge in [0.05, 0.1) is 0 Å². The summed E-state index contributed by atoms with van der Waals surface area (Å²) in [5.74, 6) is 1.91. The third kappa shape index (κ3) is 7.03. The van der Waals surface area contributed by atoms with Gasteiger partial charge >= 0.3 is 0 Å². The topological polar surface area (TPSA) is 59.2 Å². The van der Waals surface area contributed by atoms with Crippen LogP contribution in [0.1, 0.15) is 18.3 Å². The fraction of sp³-hybridized carbons (Fsp3) is 0.333. The van der Waals surface area contributed by atoms with E-state index in [1.807, 2.05) is 30.6 Å². The molecule has 150 valence electrons. The Bertz CT molecular complexity index is 811. The van der Waals surface area contributed by atoms with E-state index in [0.717, 1.165) is 44.4 Å². The first-order valence-corrected chi connectivity index (χ1v) is 9.52. The van der Waals surface area contributed by atoms with E-state index >= 15 is 0 Å². The predicted molar refractivity (Wildman–Crippen MR) is 125 cm³/mol. The molecular weight excluding hydrogens is 463 g/mol. The summed E-state index contributed by atoms with van der Waals surface area (Å²) in [5, 5.41) is 6.68. The van der Waals surface area contributed by atoms with Gasteiger partial charge in [0.1, 0.15) is 5.82 Å².